The molecule has 0 bridgehead atoms. The molecule has 1 N–H and O–H groups in total. The van der Waals surface area contributed by atoms with Gasteiger partial charge in [0.25, 0.3) is 0 Å². The van der Waals surface area contributed by atoms with E-state index < -0.39 is 0 Å². The number of benzene rings is 1. The Bertz CT molecular complexity index is 813. The zero-order valence-corrected chi connectivity index (χ0v) is 21.9. The third kappa shape index (κ3) is 13.8. The summed E-state index contributed by atoms with van der Waals surface area (Å²) in [6.45, 7) is 3.03. The zero-order valence-electron chi connectivity index (χ0n) is 21.9. The monoisotopic (exact) mass is 478 g/mol. The number of ketones is 1. The van der Waals surface area contributed by atoms with Crippen LogP contribution in [-0.4, -0.2) is 17.5 Å². The molecule has 0 saturated heterocycles. The molecule has 1 aromatic rings. The Morgan fingerprint density at radius 1 is 0.771 bits per heavy atom. The third-order valence-corrected chi connectivity index (χ3v) is 6.45. The first-order chi connectivity index (χ1) is 17.2. The normalized spacial score (nSPS) is 12.7. The fourth-order valence-electron chi connectivity index (χ4n) is 4.24. The molecule has 0 atom stereocenters. The smallest absolute Gasteiger partial charge is 0.163 e. The van der Waals surface area contributed by atoms with Gasteiger partial charge in [-0.2, -0.15) is 0 Å². The van der Waals surface area contributed by atoms with Crippen molar-refractivity contribution < 1.29 is 14.6 Å². The summed E-state index contributed by atoms with van der Waals surface area (Å²) in [7, 11) is 0. The Morgan fingerprint density at radius 3 is 1.83 bits per heavy atom. The molecule has 1 aromatic carbocycles. The lowest BCUT2D eigenvalue weighted by Gasteiger charge is -2.07. The van der Waals surface area contributed by atoms with Crippen molar-refractivity contribution in [2.45, 2.75) is 103 Å². The first-order valence-electron chi connectivity index (χ1n) is 13.9. The highest BCUT2D eigenvalue weighted by molar-refractivity contribution is 5.95. The van der Waals surface area contributed by atoms with E-state index in [1.807, 2.05) is 36.4 Å². The SMILES string of the molecule is CCCCCCCCCCCCCCCCOc1ccc(/C=C/C(=O)CC(O)=C2C=CC=C2)cc1. The fourth-order valence-corrected chi connectivity index (χ4v) is 4.24. The first-order valence-corrected chi connectivity index (χ1v) is 13.9. The van der Waals surface area contributed by atoms with Crippen molar-refractivity contribution in [3.8, 4) is 5.75 Å². The minimum absolute atomic E-state index is 0.0148. The van der Waals surface area contributed by atoms with Gasteiger partial charge in [-0.3, -0.25) is 4.79 Å². The minimum atomic E-state index is -0.123. The molecule has 1 aliphatic carbocycles. The quantitative estimate of drug-likeness (QED) is 0.115. The number of aliphatic hydroxyl groups is 1. The maximum Gasteiger partial charge on any atom is 0.163 e. The van der Waals surface area contributed by atoms with Gasteiger partial charge in [0.2, 0.25) is 0 Å². The van der Waals surface area contributed by atoms with Crippen LogP contribution in [0.5, 0.6) is 5.75 Å². The lowest BCUT2D eigenvalue weighted by Crippen LogP contribution is -1.97. The van der Waals surface area contributed by atoms with Crippen molar-refractivity contribution in [2.75, 3.05) is 6.61 Å². The van der Waals surface area contributed by atoms with E-state index in [0.717, 1.165) is 24.3 Å². The van der Waals surface area contributed by atoms with Crippen LogP contribution in [0, 0.1) is 0 Å². The van der Waals surface area contributed by atoms with Crippen molar-refractivity contribution >= 4 is 11.9 Å². The summed E-state index contributed by atoms with van der Waals surface area (Å²) in [6, 6.07) is 7.79. The molecular formula is C32H46O3. The van der Waals surface area contributed by atoms with Gasteiger partial charge in [-0.25, -0.2) is 0 Å². The molecule has 0 spiro atoms. The van der Waals surface area contributed by atoms with Gasteiger partial charge in [0.15, 0.2) is 5.78 Å². The lowest BCUT2D eigenvalue weighted by atomic mass is 10.0. The number of ether oxygens (including phenoxy) is 1. The van der Waals surface area contributed by atoms with E-state index in [4.69, 9.17) is 4.74 Å². The summed E-state index contributed by atoms with van der Waals surface area (Å²) < 4.78 is 5.86. The van der Waals surface area contributed by atoms with E-state index in [1.165, 1.54) is 89.5 Å². The number of allylic oxidation sites excluding steroid dienone is 7. The van der Waals surface area contributed by atoms with Crippen LogP contribution in [0.3, 0.4) is 0 Å². The molecule has 0 aromatic heterocycles. The van der Waals surface area contributed by atoms with Gasteiger partial charge in [0.05, 0.1) is 13.0 Å². The summed E-state index contributed by atoms with van der Waals surface area (Å²) in [6.07, 6.45) is 29.6. The number of unbranched alkanes of at least 4 members (excludes halogenated alkanes) is 13. The Kier molecular flexibility index (Phi) is 15.4. The van der Waals surface area contributed by atoms with Crippen molar-refractivity contribution in [3.05, 3.63) is 71.5 Å². The van der Waals surface area contributed by atoms with Crippen LogP contribution in [0.25, 0.3) is 6.08 Å². The minimum Gasteiger partial charge on any atom is -0.511 e. The summed E-state index contributed by atoms with van der Waals surface area (Å²) in [5, 5.41) is 9.99. The van der Waals surface area contributed by atoms with Crippen molar-refractivity contribution in [1.82, 2.24) is 0 Å². The molecule has 35 heavy (non-hydrogen) atoms. The van der Waals surface area contributed by atoms with E-state index in [0.29, 0.717) is 5.57 Å². The molecule has 3 heteroatoms. The van der Waals surface area contributed by atoms with Crippen LogP contribution in [-0.2, 0) is 4.79 Å². The van der Waals surface area contributed by atoms with Gasteiger partial charge in [-0.1, -0.05) is 133 Å². The molecule has 3 nitrogen and oxygen atoms in total. The number of aliphatic hydroxyl groups excluding tert-OH is 1. The molecule has 0 amide bonds. The average molecular weight is 479 g/mol. The van der Waals surface area contributed by atoms with Gasteiger partial charge < -0.3 is 9.84 Å². The van der Waals surface area contributed by atoms with Crippen LogP contribution in [0.4, 0.5) is 0 Å². The highest BCUT2D eigenvalue weighted by Crippen LogP contribution is 2.17. The summed E-state index contributed by atoms with van der Waals surface area (Å²) in [4.78, 5) is 12.1. The first kappa shape index (κ1) is 28.7. The van der Waals surface area contributed by atoms with Crippen molar-refractivity contribution in [2.24, 2.45) is 0 Å². The largest absolute Gasteiger partial charge is 0.511 e. The fraction of sp³-hybridized carbons (Fsp3) is 0.531. The number of hydrogen-bond acceptors (Lipinski definition) is 3. The molecule has 0 unspecified atom stereocenters. The standard InChI is InChI=1S/C32H46O3/c1-2-3-4-5-6-7-8-9-10-11-12-13-14-17-26-35-31-24-21-28(22-25-31)20-23-30(33)27-32(34)29-18-15-16-19-29/h15-16,18-25,34H,2-14,17,26-27H2,1H3/b23-20+. The summed E-state index contributed by atoms with van der Waals surface area (Å²) in [5.74, 6) is 0.851. The molecule has 0 heterocycles. The maximum atomic E-state index is 12.1. The summed E-state index contributed by atoms with van der Waals surface area (Å²) in [5.41, 5.74) is 1.64. The van der Waals surface area contributed by atoms with Crippen molar-refractivity contribution in [3.63, 3.8) is 0 Å². The lowest BCUT2D eigenvalue weighted by molar-refractivity contribution is -0.114. The van der Waals surface area contributed by atoms with E-state index in [-0.39, 0.29) is 18.0 Å². The highest BCUT2D eigenvalue weighted by atomic mass is 16.5. The van der Waals surface area contributed by atoms with E-state index >= 15 is 0 Å². The average Bonchev–Trinajstić information content (AvgIpc) is 3.41. The van der Waals surface area contributed by atoms with Crippen molar-refractivity contribution in [1.29, 1.82) is 0 Å². The predicted octanol–water partition coefficient (Wildman–Crippen LogP) is 9.46. The maximum absolute atomic E-state index is 12.1. The number of rotatable bonds is 20. The van der Waals surface area contributed by atoms with E-state index in [9.17, 15) is 9.90 Å². The van der Waals surface area contributed by atoms with Crippen LogP contribution < -0.4 is 4.74 Å². The van der Waals surface area contributed by atoms with Gasteiger partial charge in [-0.15, -0.1) is 0 Å². The van der Waals surface area contributed by atoms with Crippen LogP contribution >= 0.6 is 0 Å². The molecule has 1 aliphatic rings. The summed E-state index contributed by atoms with van der Waals surface area (Å²) >= 11 is 0. The number of carbonyl (C=O) groups excluding carboxylic acids is 1. The van der Waals surface area contributed by atoms with Crippen LogP contribution in [0.2, 0.25) is 0 Å². The Hall–Kier alpha value is -2.55. The van der Waals surface area contributed by atoms with Crippen LogP contribution in [0.1, 0.15) is 109 Å². The Morgan fingerprint density at radius 2 is 1.29 bits per heavy atom. The zero-order chi connectivity index (χ0) is 25.0. The topological polar surface area (TPSA) is 46.5 Å². The third-order valence-electron chi connectivity index (χ3n) is 6.45. The molecule has 0 aliphatic heterocycles. The molecule has 0 fully saturated rings. The number of hydrogen-bond donors (Lipinski definition) is 1. The van der Waals surface area contributed by atoms with E-state index in [1.54, 1.807) is 18.2 Å². The van der Waals surface area contributed by atoms with Gasteiger partial charge in [0.1, 0.15) is 11.5 Å². The molecule has 0 radical (unpaired) electrons. The number of carbonyl (C=O) groups is 1. The molecule has 2 rings (SSSR count). The second-order valence-corrected chi connectivity index (χ2v) is 9.61. The second kappa shape index (κ2) is 18.7. The van der Waals surface area contributed by atoms with Gasteiger partial charge >= 0.3 is 0 Å². The molecular weight excluding hydrogens is 432 g/mol. The highest BCUT2D eigenvalue weighted by Gasteiger charge is 2.06. The van der Waals surface area contributed by atoms with Gasteiger partial charge in [0, 0.05) is 5.57 Å². The Balaban J connectivity index is 1.46. The predicted molar refractivity (Wildman–Crippen MR) is 149 cm³/mol. The second-order valence-electron chi connectivity index (χ2n) is 9.61. The van der Waals surface area contributed by atoms with Crippen LogP contribution in [0.15, 0.2) is 66.0 Å². The van der Waals surface area contributed by atoms with E-state index in [2.05, 4.69) is 6.92 Å². The molecule has 0 saturated carbocycles. The molecule has 192 valence electrons. The van der Waals surface area contributed by atoms with Gasteiger partial charge in [-0.05, 0) is 30.2 Å². The Labute approximate surface area is 213 Å².